The van der Waals surface area contributed by atoms with Gasteiger partial charge < -0.3 is 0 Å². The van der Waals surface area contributed by atoms with Gasteiger partial charge in [-0.05, 0) is 37.3 Å². The minimum absolute atomic E-state index is 0.694. The van der Waals surface area contributed by atoms with Gasteiger partial charge >= 0.3 is 0 Å². The van der Waals surface area contributed by atoms with Crippen LogP contribution < -0.4 is 0 Å². The van der Waals surface area contributed by atoms with Crippen molar-refractivity contribution in [2.75, 3.05) is 0 Å². The smallest absolute Gasteiger partial charge is 0.0725 e. The van der Waals surface area contributed by atoms with Crippen LogP contribution in [0.3, 0.4) is 0 Å². The second-order valence-electron chi connectivity index (χ2n) is 4.52. The van der Waals surface area contributed by atoms with E-state index < -0.39 is 0 Å². The van der Waals surface area contributed by atoms with Crippen molar-refractivity contribution in [2.45, 2.75) is 6.92 Å². The monoisotopic (exact) mass is 287 g/mol. The molecule has 0 saturated carbocycles. The highest BCUT2D eigenvalue weighted by Gasteiger charge is 2.06. The number of aromatic nitrogens is 1. The number of fused-ring (bicyclic) bond motifs is 1. The summed E-state index contributed by atoms with van der Waals surface area (Å²) < 4.78 is 0. The summed E-state index contributed by atoms with van der Waals surface area (Å²) in [6, 6.07) is 15.6. The fourth-order valence-electron chi connectivity index (χ4n) is 2.09. The van der Waals surface area contributed by atoms with Gasteiger partial charge in [-0.25, -0.2) is 4.98 Å². The third-order valence-corrected chi connectivity index (χ3v) is 3.58. The minimum Gasteiger partial charge on any atom is -0.248 e. The Morgan fingerprint density at radius 2 is 1.79 bits per heavy atom. The van der Waals surface area contributed by atoms with Gasteiger partial charge in [0.25, 0.3) is 0 Å². The van der Waals surface area contributed by atoms with E-state index in [4.69, 9.17) is 23.2 Å². The molecule has 0 radical (unpaired) electrons. The number of halogens is 2. The molecule has 0 spiro atoms. The predicted octanol–water partition coefficient (Wildman–Crippen LogP) is 5.52. The Bertz CT molecular complexity index is 766. The molecule has 2 aromatic carbocycles. The molecule has 1 nitrogen and oxygen atoms in total. The average Bonchev–Trinajstić information content (AvgIpc) is 2.39. The van der Waals surface area contributed by atoms with E-state index in [2.05, 4.69) is 4.98 Å². The van der Waals surface area contributed by atoms with Gasteiger partial charge in [0.2, 0.25) is 0 Å². The summed E-state index contributed by atoms with van der Waals surface area (Å²) in [5.74, 6) is 0. The Morgan fingerprint density at radius 1 is 0.947 bits per heavy atom. The zero-order valence-corrected chi connectivity index (χ0v) is 11.8. The minimum atomic E-state index is 0.694. The van der Waals surface area contributed by atoms with Crippen LogP contribution in [0.1, 0.15) is 5.56 Å². The van der Waals surface area contributed by atoms with Crippen molar-refractivity contribution in [1.29, 1.82) is 0 Å². The topological polar surface area (TPSA) is 12.9 Å². The molecule has 3 heteroatoms. The first-order valence-electron chi connectivity index (χ1n) is 5.96. The molecule has 0 bridgehead atoms. The van der Waals surface area contributed by atoms with Crippen LogP contribution in [0.2, 0.25) is 10.0 Å². The first-order chi connectivity index (χ1) is 9.13. The van der Waals surface area contributed by atoms with Crippen molar-refractivity contribution in [3.8, 4) is 11.3 Å². The maximum Gasteiger partial charge on any atom is 0.0725 e. The Labute approximate surface area is 121 Å². The lowest BCUT2D eigenvalue weighted by atomic mass is 10.1. The molecule has 0 fully saturated rings. The van der Waals surface area contributed by atoms with Gasteiger partial charge in [-0.2, -0.15) is 0 Å². The van der Waals surface area contributed by atoms with Gasteiger partial charge in [-0.1, -0.05) is 47.0 Å². The maximum atomic E-state index is 6.35. The largest absolute Gasteiger partial charge is 0.248 e. The number of hydrogen-bond donors (Lipinski definition) is 0. The van der Waals surface area contributed by atoms with E-state index in [1.807, 2.05) is 55.5 Å². The molecule has 0 unspecified atom stereocenters. The van der Waals surface area contributed by atoms with Crippen LogP contribution in [0.5, 0.6) is 0 Å². The van der Waals surface area contributed by atoms with E-state index in [-0.39, 0.29) is 0 Å². The number of nitrogens with zero attached hydrogens (tertiary/aromatic N) is 1. The van der Waals surface area contributed by atoms with E-state index in [0.717, 1.165) is 22.2 Å². The first-order valence-corrected chi connectivity index (χ1v) is 6.72. The Kier molecular flexibility index (Phi) is 3.17. The van der Waals surface area contributed by atoms with Crippen molar-refractivity contribution in [1.82, 2.24) is 4.98 Å². The SMILES string of the molecule is Cc1ccc2nc(-c3cccc(Cl)c3)cc(Cl)c2c1. The third-order valence-electron chi connectivity index (χ3n) is 3.03. The van der Waals surface area contributed by atoms with Crippen LogP contribution in [0.25, 0.3) is 22.2 Å². The number of aryl methyl sites for hydroxylation is 1. The molecule has 1 aromatic heterocycles. The number of hydrogen-bond acceptors (Lipinski definition) is 1. The average molecular weight is 288 g/mol. The highest BCUT2D eigenvalue weighted by atomic mass is 35.5. The second-order valence-corrected chi connectivity index (χ2v) is 5.36. The molecule has 3 rings (SSSR count). The molecule has 0 N–H and O–H groups in total. The predicted molar refractivity (Wildman–Crippen MR) is 81.9 cm³/mol. The summed E-state index contributed by atoms with van der Waals surface area (Å²) in [6.07, 6.45) is 0. The van der Waals surface area contributed by atoms with Gasteiger partial charge in [0.15, 0.2) is 0 Å². The van der Waals surface area contributed by atoms with Crippen LogP contribution in [0, 0.1) is 6.92 Å². The van der Waals surface area contributed by atoms with Crippen LogP contribution >= 0.6 is 23.2 Å². The molecule has 0 amide bonds. The normalized spacial score (nSPS) is 10.9. The summed E-state index contributed by atoms with van der Waals surface area (Å²) in [4.78, 5) is 4.65. The molecule has 1 heterocycles. The molecule has 0 saturated heterocycles. The van der Waals surface area contributed by atoms with Crippen molar-refractivity contribution in [2.24, 2.45) is 0 Å². The molecule has 0 aliphatic heterocycles. The molecular formula is C16H11Cl2N. The van der Waals surface area contributed by atoms with Crippen molar-refractivity contribution in [3.63, 3.8) is 0 Å². The summed E-state index contributed by atoms with van der Waals surface area (Å²) in [5.41, 5.74) is 3.88. The summed E-state index contributed by atoms with van der Waals surface area (Å²) in [7, 11) is 0. The highest BCUT2D eigenvalue weighted by molar-refractivity contribution is 6.35. The van der Waals surface area contributed by atoms with Crippen molar-refractivity contribution >= 4 is 34.1 Å². The van der Waals surface area contributed by atoms with E-state index in [9.17, 15) is 0 Å². The lowest BCUT2D eigenvalue weighted by Crippen LogP contribution is -1.87. The Hall–Kier alpha value is -1.57. The van der Waals surface area contributed by atoms with Crippen LogP contribution in [-0.4, -0.2) is 4.98 Å². The second kappa shape index (κ2) is 4.84. The maximum absolute atomic E-state index is 6.35. The number of pyridine rings is 1. The molecule has 94 valence electrons. The zero-order valence-electron chi connectivity index (χ0n) is 10.3. The Balaban J connectivity index is 2.24. The van der Waals surface area contributed by atoms with E-state index in [1.54, 1.807) is 0 Å². The van der Waals surface area contributed by atoms with Crippen LogP contribution in [0.4, 0.5) is 0 Å². The number of benzene rings is 2. The molecular weight excluding hydrogens is 277 g/mol. The highest BCUT2D eigenvalue weighted by Crippen LogP contribution is 2.29. The quantitative estimate of drug-likeness (QED) is 0.574. The fraction of sp³-hybridized carbons (Fsp3) is 0.0625. The summed E-state index contributed by atoms with van der Waals surface area (Å²) >= 11 is 12.4. The molecule has 0 aliphatic rings. The van der Waals surface area contributed by atoms with E-state index in [1.165, 1.54) is 5.56 Å². The van der Waals surface area contributed by atoms with Gasteiger partial charge in [0.1, 0.15) is 0 Å². The van der Waals surface area contributed by atoms with E-state index in [0.29, 0.717) is 10.0 Å². The summed E-state index contributed by atoms with van der Waals surface area (Å²) in [6.45, 7) is 2.04. The molecule has 19 heavy (non-hydrogen) atoms. The van der Waals surface area contributed by atoms with Crippen molar-refractivity contribution in [3.05, 3.63) is 64.1 Å². The lowest BCUT2D eigenvalue weighted by molar-refractivity contribution is 1.38. The van der Waals surface area contributed by atoms with Gasteiger partial charge in [0.05, 0.1) is 16.2 Å². The third kappa shape index (κ3) is 2.44. The molecule has 3 aromatic rings. The van der Waals surface area contributed by atoms with Crippen LogP contribution in [-0.2, 0) is 0 Å². The first kappa shape index (κ1) is 12.5. The lowest BCUT2D eigenvalue weighted by Gasteiger charge is -2.06. The molecule has 0 atom stereocenters. The van der Waals surface area contributed by atoms with Gasteiger partial charge in [-0.3, -0.25) is 0 Å². The standard InChI is InChI=1S/C16H11Cl2N/c1-10-5-6-15-13(7-10)14(18)9-16(19-15)11-3-2-4-12(17)8-11/h2-9H,1H3. The van der Waals surface area contributed by atoms with Crippen molar-refractivity contribution < 1.29 is 0 Å². The fourth-order valence-corrected chi connectivity index (χ4v) is 2.54. The van der Waals surface area contributed by atoms with Gasteiger partial charge in [-0.15, -0.1) is 0 Å². The number of rotatable bonds is 1. The Morgan fingerprint density at radius 3 is 2.58 bits per heavy atom. The summed E-state index contributed by atoms with van der Waals surface area (Å²) in [5, 5.41) is 2.38. The van der Waals surface area contributed by atoms with Gasteiger partial charge in [0, 0.05) is 16.0 Å². The zero-order chi connectivity index (χ0) is 13.4. The van der Waals surface area contributed by atoms with E-state index >= 15 is 0 Å². The molecule has 0 aliphatic carbocycles. The van der Waals surface area contributed by atoms with Crippen LogP contribution in [0.15, 0.2) is 48.5 Å².